The quantitative estimate of drug-likeness (QED) is 0.387. The summed E-state index contributed by atoms with van der Waals surface area (Å²) < 4.78 is 0. The summed E-state index contributed by atoms with van der Waals surface area (Å²) in [7, 11) is 0.670. The Hall–Kier alpha value is -1.91. The molecule has 0 aliphatic carbocycles. The van der Waals surface area contributed by atoms with Gasteiger partial charge in [-0.25, -0.2) is 0 Å². The van der Waals surface area contributed by atoms with Crippen LogP contribution in [-0.4, -0.2) is 0 Å². The van der Waals surface area contributed by atoms with Crippen LogP contribution in [0.5, 0.6) is 0 Å². The smallest absolute Gasteiger partial charge is 0.0100 e. The molecule has 0 spiro atoms. The van der Waals surface area contributed by atoms with E-state index in [4.69, 9.17) is 0 Å². The molecule has 3 rings (SSSR count). The van der Waals surface area contributed by atoms with Gasteiger partial charge >= 0.3 is 0 Å². The molecule has 1 unspecified atom stereocenters. The van der Waals surface area contributed by atoms with Gasteiger partial charge in [-0.1, -0.05) is 117 Å². The van der Waals surface area contributed by atoms with E-state index in [2.05, 4.69) is 108 Å². The fraction of sp³-hybridized carbons (Fsp3) is 0.333. The van der Waals surface area contributed by atoms with Crippen LogP contribution >= 0.6 is 8.58 Å². The fourth-order valence-corrected chi connectivity index (χ4v) is 5.03. The van der Waals surface area contributed by atoms with Crippen molar-refractivity contribution in [2.75, 3.05) is 0 Å². The molecule has 1 atom stereocenters. The van der Waals surface area contributed by atoms with Crippen LogP contribution in [0.2, 0.25) is 0 Å². The van der Waals surface area contributed by atoms with E-state index in [1.54, 1.807) is 0 Å². The van der Waals surface area contributed by atoms with Crippen molar-refractivity contribution in [3.8, 4) is 11.1 Å². The number of hydrogen-bond donors (Lipinski definition) is 0. The Kier molecular flexibility index (Phi) is 6.73. The van der Waals surface area contributed by atoms with Gasteiger partial charge < -0.3 is 0 Å². The van der Waals surface area contributed by atoms with E-state index in [1.807, 2.05) is 0 Å². The molecule has 146 valence electrons. The maximum Gasteiger partial charge on any atom is -0.0100 e. The van der Waals surface area contributed by atoms with E-state index in [1.165, 1.54) is 38.4 Å². The Morgan fingerprint density at radius 1 is 0.607 bits per heavy atom. The number of hydrogen-bond acceptors (Lipinski definition) is 0. The van der Waals surface area contributed by atoms with Crippen molar-refractivity contribution < 1.29 is 0 Å². The molecular formula is C27H33P. The first-order valence-corrected chi connectivity index (χ1v) is 11.5. The first-order valence-electron chi connectivity index (χ1n) is 10.5. The third-order valence-electron chi connectivity index (χ3n) is 5.41. The Balaban J connectivity index is 2.24. The summed E-state index contributed by atoms with van der Waals surface area (Å²) in [6.07, 6.45) is 0. The summed E-state index contributed by atoms with van der Waals surface area (Å²) in [6.45, 7) is 13.8. The molecule has 0 aromatic heterocycles. The molecule has 28 heavy (non-hydrogen) atoms. The minimum absolute atomic E-state index is 0.506. The second kappa shape index (κ2) is 9.06. The highest BCUT2D eigenvalue weighted by Crippen LogP contribution is 2.37. The van der Waals surface area contributed by atoms with Gasteiger partial charge in [0.1, 0.15) is 0 Å². The lowest BCUT2D eigenvalue weighted by molar-refractivity contribution is 0.838. The van der Waals surface area contributed by atoms with Crippen molar-refractivity contribution in [2.45, 2.75) is 59.3 Å². The molecule has 3 aromatic carbocycles. The van der Waals surface area contributed by atoms with Crippen molar-refractivity contribution in [1.29, 1.82) is 0 Å². The topological polar surface area (TPSA) is 0 Å². The van der Waals surface area contributed by atoms with Gasteiger partial charge in [-0.15, -0.1) is 0 Å². The van der Waals surface area contributed by atoms with Gasteiger partial charge in [0.2, 0.25) is 0 Å². The lowest BCUT2D eigenvalue weighted by atomic mass is 9.84. The number of benzene rings is 3. The van der Waals surface area contributed by atoms with Crippen molar-refractivity contribution in [2.24, 2.45) is 0 Å². The van der Waals surface area contributed by atoms with E-state index >= 15 is 0 Å². The molecule has 0 radical (unpaired) electrons. The van der Waals surface area contributed by atoms with Crippen LogP contribution in [0.4, 0.5) is 0 Å². The molecule has 0 saturated heterocycles. The Morgan fingerprint density at radius 3 is 1.75 bits per heavy atom. The van der Waals surface area contributed by atoms with E-state index < -0.39 is 0 Å². The first kappa shape index (κ1) is 20.8. The van der Waals surface area contributed by atoms with Crippen LogP contribution in [0.1, 0.15) is 76.0 Å². The second-order valence-electron chi connectivity index (χ2n) is 8.57. The van der Waals surface area contributed by atoms with Crippen LogP contribution in [-0.2, 0) is 0 Å². The molecule has 0 saturated carbocycles. The van der Waals surface area contributed by atoms with Gasteiger partial charge in [0.05, 0.1) is 0 Å². The van der Waals surface area contributed by atoms with E-state index in [0.717, 1.165) is 0 Å². The molecule has 0 nitrogen and oxygen atoms in total. The van der Waals surface area contributed by atoms with Crippen molar-refractivity contribution in [1.82, 2.24) is 0 Å². The average Bonchev–Trinajstić information content (AvgIpc) is 2.68. The predicted molar refractivity (Wildman–Crippen MR) is 128 cm³/mol. The van der Waals surface area contributed by atoms with E-state index in [-0.39, 0.29) is 0 Å². The minimum atomic E-state index is 0.506. The summed E-state index contributed by atoms with van der Waals surface area (Å²) in [6, 6.07) is 24.9. The molecule has 0 heterocycles. The van der Waals surface area contributed by atoms with Crippen LogP contribution < -0.4 is 10.6 Å². The largest absolute Gasteiger partial charge is 0.0622 e. The monoisotopic (exact) mass is 388 g/mol. The normalized spacial score (nSPS) is 12.0. The summed E-state index contributed by atoms with van der Waals surface area (Å²) in [5.74, 6) is 1.55. The minimum Gasteiger partial charge on any atom is -0.0622 e. The van der Waals surface area contributed by atoms with Crippen molar-refractivity contribution >= 4 is 19.2 Å². The SMILES string of the molecule is CC(C)c1ccc(-c2c(C(C)C)cccc2C(C)C)c(Pc2ccccc2)c1. The summed E-state index contributed by atoms with van der Waals surface area (Å²) >= 11 is 0. The standard InChI is InChI=1S/C27H33P/c1-18(2)21-15-16-25(26(17-21)28-22-11-8-7-9-12-22)27-23(19(3)4)13-10-14-24(27)20(5)6/h7-20,28H,1-6H3. The zero-order chi connectivity index (χ0) is 20.3. The van der Waals surface area contributed by atoms with Gasteiger partial charge in [-0.3, -0.25) is 0 Å². The van der Waals surface area contributed by atoms with Gasteiger partial charge in [0.25, 0.3) is 0 Å². The Morgan fingerprint density at radius 2 is 1.21 bits per heavy atom. The van der Waals surface area contributed by atoms with Crippen LogP contribution in [0.25, 0.3) is 11.1 Å². The van der Waals surface area contributed by atoms with E-state index in [0.29, 0.717) is 26.3 Å². The first-order chi connectivity index (χ1) is 13.4. The van der Waals surface area contributed by atoms with Crippen LogP contribution in [0.3, 0.4) is 0 Å². The maximum atomic E-state index is 2.45. The zero-order valence-corrected chi connectivity index (χ0v) is 19.1. The zero-order valence-electron chi connectivity index (χ0n) is 18.1. The summed E-state index contributed by atoms with van der Waals surface area (Å²) in [5.41, 5.74) is 7.22. The molecule has 0 amide bonds. The van der Waals surface area contributed by atoms with Gasteiger partial charge in [0.15, 0.2) is 0 Å². The third kappa shape index (κ3) is 4.56. The second-order valence-corrected chi connectivity index (χ2v) is 9.94. The number of rotatable bonds is 6. The molecule has 0 fully saturated rings. The highest BCUT2D eigenvalue weighted by atomic mass is 31.1. The molecule has 0 bridgehead atoms. The third-order valence-corrected chi connectivity index (χ3v) is 6.71. The lowest BCUT2D eigenvalue weighted by Crippen LogP contribution is -2.11. The Labute approximate surface area is 173 Å². The molecule has 0 aliphatic heterocycles. The highest BCUT2D eigenvalue weighted by molar-refractivity contribution is 7.55. The average molecular weight is 389 g/mol. The van der Waals surface area contributed by atoms with Gasteiger partial charge in [-0.2, -0.15) is 0 Å². The maximum absolute atomic E-state index is 2.45. The molecule has 0 N–H and O–H groups in total. The lowest BCUT2D eigenvalue weighted by Gasteiger charge is -2.23. The van der Waals surface area contributed by atoms with E-state index in [9.17, 15) is 0 Å². The Bertz CT molecular complexity index is 894. The van der Waals surface area contributed by atoms with Crippen LogP contribution in [0.15, 0.2) is 66.7 Å². The summed E-state index contributed by atoms with van der Waals surface area (Å²) in [4.78, 5) is 0. The van der Waals surface area contributed by atoms with Gasteiger partial charge in [0, 0.05) is 0 Å². The summed E-state index contributed by atoms with van der Waals surface area (Å²) in [5, 5.41) is 2.87. The fourth-order valence-electron chi connectivity index (χ4n) is 3.78. The van der Waals surface area contributed by atoms with Gasteiger partial charge in [-0.05, 0) is 56.2 Å². The van der Waals surface area contributed by atoms with Crippen LogP contribution in [0, 0.1) is 0 Å². The predicted octanol–water partition coefficient (Wildman–Crippen LogP) is 7.35. The van der Waals surface area contributed by atoms with Crippen molar-refractivity contribution in [3.05, 3.63) is 83.4 Å². The van der Waals surface area contributed by atoms with Crippen molar-refractivity contribution in [3.63, 3.8) is 0 Å². The molecule has 3 aromatic rings. The molecule has 1 heteroatoms. The molecular weight excluding hydrogens is 355 g/mol. The molecule has 0 aliphatic rings. The highest BCUT2D eigenvalue weighted by Gasteiger charge is 2.18.